The van der Waals surface area contributed by atoms with Crippen molar-refractivity contribution in [2.75, 3.05) is 26.2 Å². The molecule has 0 aliphatic carbocycles. The Hall–Kier alpha value is -2.82. The van der Waals surface area contributed by atoms with Crippen LogP contribution in [0.1, 0.15) is 32.7 Å². The third kappa shape index (κ3) is 3.65. The van der Waals surface area contributed by atoms with Crippen LogP contribution >= 0.6 is 0 Å². The maximum absolute atomic E-state index is 12.8. The van der Waals surface area contributed by atoms with Gasteiger partial charge in [-0.1, -0.05) is 30.3 Å². The zero-order valence-electron chi connectivity index (χ0n) is 14.3. The van der Waals surface area contributed by atoms with Gasteiger partial charge in [0.05, 0.1) is 5.56 Å². The summed E-state index contributed by atoms with van der Waals surface area (Å²) in [4.78, 5) is 28.9. The summed E-state index contributed by atoms with van der Waals surface area (Å²) in [5, 5.41) is 9.89. The van der Waals surface area contributed by atoms with Gasteiger partial charge in [0.1, 0.15) is 5.75 Å². The fraction of sp³-hybridized carbons (Fsp3) is 0.300. The van der Waals surface area contributed by atoms with Crippen molar-refractivity contribution < 1.29 is 14.7 Å². The Balaban J connectivity index is 1.70. The topological polar surface area (TPSA) is 60.9 Å². The molecule has 1 aliphatic rings. The Morgan fingerprint density at radius 1 is 0.800 bits per heavy atom. The molecule has 0 bridgehead atoms. The number of benzene rings is 2. The van der Waals surface area contributed by atoms with E-state index in [0.717, 1.165) is 12.0 Å². The maximum atomic E-state index is 12.8. The highest BCUT2D eigenvalue weighted by atomic mass is 16.3. The number of hydrogen-bond donors (Lipinski definition) is 1. The van der Waals surface area contributed by atoms with Gasteiger partial charge in [0.2, 0.25) is 0 Å². The first kappa shape index (κ1) is 17.0. The number of aryl methyl sites for hydroxylation is 1. The predicted molar refractivity (Wildman–Crippen MR) is 95.7 cm³/mol. The maximum Gasteiger partial charge on any atom is 0.257 e. The lowest BCUT2D eigenvalue weighted by Crippen LogP contribution is -2.37. The molecular formula is C20H22N2O3. The van der Waals surface area contributed by atoms with Crippen molar-refractivity contribution in [1.29, 1.82) is 0 Å². The van der Waals surface area contributed by atoms with Crippen LogP contribution in [0.15, 0.2) is 48.5 Å². The number of phenolic OH excluding ortho intramolecular Hbond substituents is 1. The van der Waals surface area contributed by atoms with E-state index >= 15 is 0 Å². The largest absolute Gasteiger partial charge is 0.507 e. The van der Waals surface area contributed by atoms with Crippen LogP contribution in [0.4, 0.5) is 0 Å². The van der Waals surface area contributed by atoms with Crippen LogP contribution in [0.2, 0.25) is 0 Å². The molecule has 1 N–H and O–H groups in total. The van der Waals surface area contributed by atoms with Crippen LogP contribution in [0.3, 0.4) is 0 Å². The van der Waals surface area contributed by atoms with Gasteiger partial charge in [0.15, 0.2) is 0 Å². The number of hydrogen-bond acceptors (Lipinski definition) is 3. The predicted octanol–water partition coefficient (Wildman–Crippen LogP) is 2.69. The summed E-state index contributed by atoms with van der Waals surface area (Å²) in [6, 6.07) is 14.1. The standard InChI is InChI=1S/C20H22N2O3/c1-15-7-2-3-8-16(15)19(24)21-11-6-12-22(14-13-21)20(25)17-9-4-5-10-18(17)23/h2-5,7-10,23H,6,11-14H2,1H3. The van der Waals surface area contributed by atoms with E-state index in [9.17, 15) is 14.7 Å². The number of phenols is 1. The third-order valence-electron chi connectivity index (χ3n) is 4.58. The number of carbonyl (C=O) groups excluding carboxylic acids is 2. The van der Waals surface area contributed by atoms with Gasteiger partial charge < -0.3 is 14.9 Å². The van der Waals surface area contributed by atoms with Gasteiger partial charge in [0, 0.05) is 31.7 Å². The summed E-state index contributed by atoms with van der Waals surface area (Å²) >= 11 is 0. The Labute approximate surface area is 147 Å². The molecule has 130 valence electrons. The van der Waals surface area contributed by atoms with E-state index in [2.05, 4.69) is 0 Å². The van der Waals surface area contributed by atoms with Gasteiger partial charge in [0.25, 0.3) is 11.8 Å². The first-order valence-electron chi connectivity index (χ1n) is 8.50. The van der Waals surface area contributed by atoms with Crippen molar-refractivity contribution in [3.8, 4) is 5.75 Å². The van der Waals surface area contributed by atoms with Crippen LogP contribution < -0.4 is 0 Å². The second-order valence-corrected chi connectivity index (χ2v) is 6.27. The van der Waals surface area contributed by atoms with E-state index in [0.29, 0.717) is 37.3 Å². The van der Waals surface area contributed by atoms with Crippen LogP contribution in [0, 0.1) is 6.92 Å². The van der Waals surface area contributed by atoms with E-state index in [-0.39, 0.29) is 17.6 Å². The minimum Gasteiger partial charge on any atom is -0.507 e. The molecule has 2 aromatic rings. The highest BCUT2D eigenvalue weighted by Gasteiger charge is 2.25. The molecule has 1 heterocycles. The number of rotatable bonds is 2. The molecule has 25 heavy (non-hydrogen) atoms. The fourth-order valence-corrected chi connectivity index (χ4v) is 3.13. The summed E-state index contributed by atoms with van der Waals surface area (Å²) in [5.74, 6) is -0.192. The average molecular weight is 338 g/mol. The highest BCUT2D eigenvalue weighted by Crippen LogP contribution is 2.19. The van der Waals surface area contributed by atoms with Gasteiger partial charge >= 0.3 is 0 Å². The van der Waals surface area contributed by atoms with Gasteiger partial charge in [-0.25, -0.2) is 0 Å². The minimum atomic E-state index is -0.191. The van der Waals surface area contributed by atoms with Crippen molar-refractivity contribution in [1.82, 2.24) is 9.80 Å². The Morgan fingerprint density at radius 3 is 1.92 bits per heavy atom. The average Bonchev–Trinajstić information content (AvgIpc) is 2.87. The smallest absolute Gasteiger partial charge is 0.257 e. The summed E-state index contributed by atoms with van der Waals surface area (Å²) < 4.78 is 0. The summed E-state index contributed by atoms with van der Waals surface area (Å²) in [6.45, 7) is 4.08. The van der Waals surface area contributed by atoms with Crippen molar-refractivity contribution in [3.63, 3.8) is 0 Å². The third-order valence-corrected chi connectivity index (χ3v) is 4.58. The monoisotopic (exact) mass is 338 g/mol. The van der Waals surface area contributed by atoms with Crippen LogP contribution in [0.25, 0.3) is 0 Å². The van der Waals surface area contributed by atoms with Gasteiger partial charge in [-0.05, 0) is 37.1 Å². The van der Waals surface area contributed by atoms with E-state index in [4.69, 9.17) is 0 Å². The van der Waals surface area contributed by atoms with Crippen LogP contribution in [0.5, 0.6) is 5.75 Å². The molecule has 2 aromatic carbocycles. The first-order valence-corrected chi connectivity index (χ1v) is 8.50. The first-order chi connectivity index (χ1) is 12.1. The lowest BCUT2D eigenvalue weighted by atomic mass is 10.1. The molecule has 1 aliphatic heterocycles. The molecule has 1 fully saturated rings. The zero-order valence-corrected chi connectivity index (χ0v) is 14.3. The second-order valence-electron chi connectivity index (χ2n) is 6.27. The lowest BCUT2D eigenvalue weighted by Gasteiger charge is -2.23. The summed E-state index contributed by atoms with van der Waals surface area (Å²) in [7, 11) is 0. The van der Waals surface area contributed by atoms with E-state index < -0.39 is 0 Å². The molecule has 0 aromatic heterocycles. The molecule has 2 amide bonds. The van der Waals surface area contributed by atoms with Crippen LogP contribution in [-0.4, -0.2) is 52.9 Å². The van der Waals surface area contributed by atoms with Gasteiger partial charge in [-0.15, -0.1) is 0 Å². The lowest BCUT2D eigenvalue weighted by molar-refractivity contribution is 0.0716. The molecule has 5 nitrogen and oxygen atoms in total. The molecular weight excluding hydrogens is 316 g/mol. The number of para-hydroxylation sites is 1. The van der Waals surface area contributed by atoms with E-state index in [1.54, 1.807) is 28.0 Å². The van der Waals surface area contributed by atoms with Crippen molar-refractivity contribution in [2.45, 2.75) is 13.3 Å². The number of nitrogens with zero attached hydrogens (tertiary/aromatic N) is 2. The quantitative estimate of drug-likeness (QED) is 0.916. The molecule has 0 spiro atoms. The molecule has 3 rings (SSSR count). The van der Waals surface area contributed by atoms with Gasteiger partial charge in [-0.2, -0.15) is 0 Å². The fourth-order valence-electron chi connectivity index (χ4n) is 3.13. The Kier molecular flexibility index (Phi) is 5.03. The Bertz CT molecular complexity index is 723. The Morgan fingerprint density at radius 2 is 1.32 bits per heavy atom. The summed E-state index contributed by atoms with van der Waals surface area (Å²) in [5.41, 5.74) is 1.98. The normalized spacial score (nSPS) is 14.9. The molecule has 5 heteroatoms. The summed E-state index contributed by atoms with van der Waals surface area (Å²) in [6.07, 6.45) is 0.719. The van der Waals surface area contributed by atoms with E-state index in [1.165, 1.54) is 6.07 Å². The van der Waals surface area contributed by atoms with Crippen molar-refractivity contribution in [2.24, 2.45) is 0 Å². The highest BCUT2D eigenvalue weighted by molar-refractivity contribution is 5.97. The molecule has 0 atom stereocenters. The SMILES string of the molecule is Cc1ccccc1C(=O)N1CCCN(C(=O)c2ccccc2O)CC1. The minimum absolute atomic E-state index is 0.00922. The van der Waals surface area contributed by atoms with E-state index in [1.807, 2.05) is 31.2 Å². The van der Waals surface area contributed by atoms with Crippen LogP contribution in [-0.2, 0) is 0 Å². The number of carbonyl (C=O) groups is 2. The van der Waals surface area contributed by atoms with Gasteiger partial charge in [-0.3, -0.25) is 9.59 Å². The second kappa shape index (κ2) is 7.38. The number of aromatic hydroxyl groups is 1. The number of amides is 2. The molecule has 0 radical (unpaired) electrons. The zero-order chi connectivity index (χ0) is 17.8. The van der Waals surface area contributed by atoms with Crippen molar-refractivity contribution in [3.05, 3.63) is 65.2 Å². The molecule has 0 saturated carbocycles. The van der Waals surface area contributed by atoms with Crippen molar-refractivity contribution >= 4 is 11.8 Å². The molecule has 1 saturated heterocycles. The molecule has 0 unspecified atom stereocenters.